The zero-order valence-electron chi connectivity index (χ0n) is 18.6. The molecule has 1 aliphatic carbocycles. The van der Waals surface area contributed by atoms with Crippen LogP contribution in [0.15, 0.2) is 48.5 Å². The Hall–Kier alpha value is -3.43. The van der Waals surface area contributed by atoms with E-state index in [1.807, 2.05) is 30.3 Å². The molecule has 6 heteroatoms. The highest BCUT2D eigenvalue weighted by atomic mass is 19.1. The van der Waals surface area contributed by atoms with Gasteiger partial charge in [-0.15, -0.1) is 0 Å². The maximum atomic E-state index is 13.3. The van der Waals surface area contributed by atoms with Crippen molar-refractivity contribution >= 4 is 22.5 Å². The third kappa shape index (κ3) is 3.44. The lowest BCUT2D eigenvalue weighted by molar-refractivity contribution is 0.249. The van der Waals surface area contributed by atoms with Gasteiger partial charge in [-0.3, -0.25) is 9.30 Å². The van der Waals surface area contributed by atoms with E-state index in [9.17, 15) is 9.65 Å². The van der Waals surface area contributed by atoms with E-state index < -0.39 is 0 Å². The molecule has 6 rings (SSSR count). The Kier molecular flexibility index (Phi) is 5.00. The van der Waals surface area contributed by atoms with E-state index >= 15 is 0 Å². The molecule has 2 aliphatic rings. The van der Waals surface area contributed by atoms with Crippen molar-refractivity contribution in [2.24, 2.45) is 0 Å². The number of benzene rings is 2. The van der Waals surface area contributed by atoms with Crippen LogP contribution < -0.4 is 4.90 Å². The Morgan fingerprint density at radius 2 is 1.64 bits per heavy atom. The second-order valence-corrected chi connectivity index (χ2v) is 9.12. The third-order valence-corrected chi connectivity index (χ3v) is 7.14. The van der Waals surface area contributed by atoms with Crippen LogP contribution in [-0.4, -0.2) is 40.5 Å². The Balaban J connectivity index is 1.40. The number of hydrogen-bond donors (Lipinski definition) is 0. The fourth-order valence-electron chi connectivity index (χ4n) is 5.52. The summed E-state index contributed by atoms with van der Waals surface area (Å²) in [4.78, 5) is 9.83. The van der Waals surface area contributed by atoms with Crippen molar-refractivity contribution in [2.45, 2.75) is 32.2 Å². The summed E-state index contributed by atoms with van der Waals surface area (Å²) in [5.74, 6) is 1.04. The zero-order chi connectivity index (χ0) is 22.4. The highest BCUT2D eigenvalue weighted by Gasteiger charge is 2.29. The molecule has 3 heterocycles. The van der Waals surface area contributed by atoms with Crippen LogP contribution in [0.2, 0.25) is 0 Å². The van der Waals surface area contributed by atoms with Gasteiger partial charge >= 0.3 is 0 Å². The van der Waals surface area contributed by atoms with Crippen LogP contribution in [-0.2, 0) is 19.4 Å². The van der Waals surface area contributed by atoms with E-state index in [0.29, 0.717) is 0 Å². The molecule has 2 aromatic heterocycles. The van der Waals surface area contributed by atoms with Gasteiger partial charge in [0.05, 0.1) is 16.6 Å². The van der Waals surface area contributed by atoms with Crippen molar-refractivity contribution in [3.63, 3.8) is 0 Å². The lowest BCUT2D eigenvalue weighted by atomic mass is 9.88. The first-order valence-electron chi connectivity index (χ1n) is 11.8. The fraction of sp³-hybridized carbons (Fsp3) is 0.333. The summed E-state index contributed by atoms with van der Waals surface area (Å²) >= 11 is 0. The molecular formula is C27H26FN5. The normalized spacial score (nSPS) is 16.8. The van der Waals surface area contributed by atoms with Crippen molar-refractivity contribution < 1.29 is 4.39 Å². The number of imidazole rings is 1. The Morgan fingerprint density at radius 3 is 2.39 bits per heavy atom. The first-order chi connectivity index (χ1) is 16.2. The first-order valence-corrected chi connectivity index (χ1v) is 11.8. The van der Waals surface area contributed by atoms with E-state index in [-0.39, 0.29) is 5.82 Å². The molecule has 0 unspecified atom stereocenters. The summed E-state index contributed by atoms with van der Waals surface area (Å²) in [6, 6.07) is 17.5. The molecule has 5 nitrogen and oxygen atoms in total. The van der Waals surface area contributed by atoms with E-state index in [0.717, 1.165) is 86.2 Å². The Morgan fingerprint density at radius 1 is 0.909 bits per heavy atom. The van der Waals surface area contributed by atoms with E-state index in [1.54, 1.807) is 0 Å². The van der Waals surface area contributed by atoms with Gasteiger partial charge in [-0.25, -0.2) is 9.37 Å². The number of anilines is 1. The van der Waals surface area contributed by atoms with E-state index in [2.05, 4.69) is 26.3 Å². The lowest BCUT2D eigenvalue weighted by Gasteiger charge is -2.38. The van der Waals surface area contributed by atoms with Crippen molar-refractivity contribution in [1.82, 2.24) is 14.3 Å². The number of fused-ring (bicyclic) bond motifs is 4. The molecule has 2 aromatic carbocycles. The number of pyridine rings is 1. The van der Waals surface area contributed by atoms with Gasteiger partial charge in [0, 0.05) is 32.7 Å². The molecule has 0 saturated carbocycles. The van der Waals surface area contributed by atoms with Crippen LogP contribution in [0.4, 0.5) is 10.2 Å². The predicted molar refractivity (Wildman–Crippen MR) is 128 cm³/mol. The van der Waals surface area contributed by atoms with Crippen LogP contribution in [0, 0.1) is 17.1 Å². The highest BCUT2D eigenvalue weighted by molar-refractivity contribution is 5.86. The molecule has 1 saturated heterocycles. The maximum Gasteiger partial charge on any atom is 0.157 e. The monoisotopic (exact) mass is 439 g/mol. The van der Waals surface area contributed by atoms with Crippen LogP contribution >= 0.6 is 0 Å². The van der Waals surface area contributed by atoms with E-state index in [4.69, 9.17) is 4.98 Å². The molecule has 0 bridgehead atoms. The predicted octanol–water partition coefficient (Wildman–Crippen LogP) is 4.70. The molecule has 166 valence electrons. The summed E-state index contributed by atoms with van der Waals surface area (Å²) < 4.78 is 15.5. The second-order valence-electron chi connectivity index (χ2n) is 9.12. The average molecular weight is 440 g/mol. The van der Waals surface area contributed by atoms with Crippen molar-refractivity contribution in [3.8, 4) is 6.07 Å². The van der Waals surface area contributed by atoms with Crippen molar-refractivity contribution in [3.05, 3.63) is 76.6 Å². The molecule has 0 radical (unpaired) electrons. The van der Waals surface area contributed by atoms with Gasteiger partial charge in [-0.2, -0.15) is 5.26 Å². The molecule has 0 atom stereocenters. The van der Waals surface area contributed by atoms with Gasteiger partial charge in [-0.1, -0.05) is 24.3 Å². The van der Waals surface area contributed by atoms with Gasteiger partial charge in [0.15, 0.2) is 5.65 Å². The Bertz CT molecular complexity index is 1370. The number of aromatic nitrogens is 2. The smallest absolute Gasteiger partial charge is 0.157 e. The van der Waals surface area contributed by atoms with Gasteiger partial charge in [-0.05, 0) is 66.6 Å². The molecule has 4 aromatic rings. The number of piperazine rings is 1. The van der Waals surface area contributed by atoms with Crippen LogP contribution in [0.5, 0.6) is 0 Å². The van der Waals surface area contributed by atoms with E-state index in [1.165, 1.54) is 29.1 Å². The summed E-state index contributed by atoms with van der Waals surface area (Å²) in [6.45, 7) is 4.56. The average Bonchev–Trinajstić information content (AvgIpc) is 3.23. The van der Waals surface area contributed by atoms with Gasteiger partial charge in [0.25, 0.3) is 0 Å². The molecule has 0 amide bonds. The van der Waals surface area contributed by atoms with Gasteiger partial charge in [0.2, 0.25) is 0 Å². The minimum absolute atomic E-state index is 0.189. The molecule has 33 heavy (non-hydrogen) atoms. The lowest BCUT2D eigenvalue weighted by Crippen LogP contribution is -2.47. The number of halogens is 1. The molecule has 0 spiro atoms. The van der Waals surface area contributed by atoms with Crippen LogP contribution in [0.25, 0.3) is 16.7 Å². The third-order valence-electron chi connectivity index (χ3n) is 7.14. The van der Waals surface area contributed by atoms with Crippen molar-refractivity contribution in [2.75, 3.05) is 31.1 Å². The second kappa shape index (κ2) is 8.17. The van der Waals surface area contributed by atoms with Crippen LogP contribution in [0.1, 0.15) is 35.1 Å². The molecule has 1 aliphatic heterocycles. The molecule has 1 fully saturated rings. The summed E-state index contributed by atoms with van der Waals surface area (Å²) in [6.07, 6.45) is 4.25. The maximum absolute atomic E-state index is 13.3. The van der Waals surface area contributed by atoms with Crippen molar-refractivity contribution in [1.29, 1.82) is 5.26 Å². The molecule has 0 N–H and O–H groups in total. The minimum Gasteiger partial charge on any atom is -0.355 e. The first kappa shape index (κ1) is 20.2. The number of nitriles is 1. The van der Waals surface area contributed by atoms with Gasteiger partial charge < -0.3 is 4.90 Å². The summed E-state index contributed by atoms with van der Waals surface area (Å²) in [5.41, 5.74) is 7.23. The number of hydrogen-bond acceptors (Lipinski definition) is 4. The standard InChI is InChI=1S/C27H26FN5/c28-20-11-9-19(10-12-20)18-31-13-15-32(16-14-31)27-22-6-2-1-5-21(22)23(17-29)26-30-24-7-3-4-8-25(24)33(26)27/h3-4,7-12H,1-2,5-6,13-16,18H2. The summed E-state index contributed by atoms with van der Waals surface area (Å²) in [5, 5.41) is 10.1. The highest BCUT2D eigenvalue weighted by Crippen LogP contribution is 2.37. The zero-order valence-corrected chi connectivity index (χ0v) is 18.6. The number of rotatable bonds is 3. The largest absolute Gasteiger partial charge is 0.355 e. The SMILES string of the molecule is N#Cc1c2c(c(N3CCN(Cc4ccc(F)cc4)CC3)n3c1nc1ccccc13)CCCC2. The van der Waals surface area contributed by atoms with Crippen LogP contribution in [0.3, 0.4) is 0 Å². The summed E-state index contributed by atoms with van der Waals surface area (Å²) in [7, 11) is 0. The topological polar surface area (TPSA) is 47.6 Å². The fourth-order valence-corrected chi connectivity index (χ4v) is 5.52. The minimum atomic E-state index is -0.189. The number of para-hydroxylation sites is 2. The molecular weight excluding hydrogens is 413 g/mol. The van der Waals surface area contributed by atoms with Gasteiger partial charge in [0.1, 0.15) is 17.7 Å². The Labute approximate surface area is 192 Å². The quantitative estimate of drug-likeness (QED) is 0.464. The number of nitrogens with zero attached hydrogens (tertiary/aromatic N) is 5.